The van der Waals surface area contributed by atoms with Crippen molar-refractivity contribution in [1.82, 2.24) is 0 Å². The van der Waals surface area contributed by atoms with Gasteiger partial charge in [0.05, 0.1) is 13.2 Å². The smallest absolute Gasteiger partial charge is 0.126 e. The Bertz CT molecular complexity index is 372. The fourth-order valence-electron chi connectivity index (χ4n) is 2.20. The van der Waals surface area contributed by atoms with E-state index in [1.807, 2.05) is 12.1 Å². The highest BCUT2D eigenvalue weighted by Crippen LogP contribution is 2.37. The van der Waals surface area contributed by atoms with Crippen molar-refractivity contribution in [2.24, 2.45) is 0 Å². The number of aryl methyl sites for hydroxylation is 1. The zero-order valence-electron chi connectivity index (χ0n) is 9.50. The largest absolute Gasteiger partial charge is 0.396 e. The van der Waals surface area contributed by atoms with E-state index < -0.39 is 0 Å². The summed E-state index contributed by atoms with van der Waals surface area (Å²) < 4.78 is 18.5. The van der Waals surface area contributed by atoms with Crippen LogP contribution in [0.5, 0.6) is 0 Å². The van der Waals surface area contributed by atoms with Gasteiger partial charge in [-0.2, -0.15) is 0 Å². The summed E-state index contributed by atoms with van der Waals surface area (Å²) in [5.41, 5.74) is 1.81. The van der Waals surface area contributed by atoms with Crippen molar-refractivity contribution in [3.63, 3.8) is 0 Å². The molecule has 0 spiro atoms. The van der Waals surface area contributed by atoms with Gasteiger partial charge in [0.2, 0.25) is 0 Å². The summed E-state index contributed by atoms with van der Waals surface area (Å²) in [6.45, 7) is 3.33. The van der Waals surface area contributed by atoms with Crippen LogP contribution in [0.1, 0.15) is 24.0 Å². The predicted molar refractivity (Wildman–Crippen MR) is 60.0 cm³/mol. The molecule has 1 aromatic rings. The molecule has 1 N–H and O–H groups in total. The Balaban J connectivity index is 2.22. The van der Waals surface area contributed by atoms with E-state index in [1.54, 1.807) is 6.92 Å². The third-order valence-corrected chi connectivity index (χ3v) is 3.34. The van der Waals surface area contributed by atoms with E-state index in [4.69, 9.17) is 9.84 Å². The van der Waals surface area contributed by atoms with Crippen LogP contribution < -0.4 is 0 Å². The molecule has 0 atom stereocenters. The molecule has 0 aromatic heterocycles. The average Bonchev–Trinajstić information content (AvgIpc) is 2.22. The number of ether oxygens (including phenoxy) is 1. The number of hydrogen-bond donors (Lipinski definition) is 1. The molecule has 88 valence electrons. The number of aliphatic hydroxyl groups excluding tert-OH is 1. The summed E-state index contributed by atoms with van der Waals surface area (Å²) in [6, 6.07) is 5.25. The molecule has 0 saturated carbocycles. The van der Waals surface area contributed by atoms with E-state index in [9.17, 15) is 4.39 Å². The van der Waals surface area contributed by atoms with Crippen molar-refractivity contribution in [3.05, 3.63) is 35.1 Å². The first-order valence-electron chi connectivity index (χ1n) is 5.63. The molecule has 1 aliphatic rings. The van der Waals surface area contributed by atoms with Crippen molar-refractivity contribution in [2.75, 3.05) is 19.8 Å². The number of rotatable bonds is 4. The van der Waals surface area contributed by atoms with E-state index in [2.05, 4.69) is 0 Å². The summed E-state index contributed by atoms with van der Waals surface area (Å²) in [7, 11) is 0. The summed E-state index contributed by atoms with van der Waals surface area (Å²) >= 11 is 0. The molecule has 1 saturated heterocycles. The molecule has 16 heavy (non-hydrogen) atoms. The fraction of sp³-hybridized carbons (Fsp3) is 0.538. The molecular formula is C13H17FO2. The van der Waals surface area contributed by atoms with Crippen LogP contribution in [-0.2, 0) is 10.2 Å². The van der Waals surface area contributed by atoms with Gasteiger partial charge >= 0.3 is 0 Å². The topological polar surface area (TPSA) is 29.5 Å². The highest BCUT2D eigenvalue weighted by atomic mass is 19.1. The van der Waals surface area contributed by atoms with Gasteiger partial charge in [0.25, 0.3) is 0 Å². The van der Waals surface area contributed by atoms with Gasteiger partial charge in [-0.1, -0.05) is 12.1 Å². The molecule has 2 rings (SSSR count). The first-order chi connectivity index (χ1) is 7.68. The van der Waals surface area contributed by atoms with Crippen LogP contribution in [0.3, 0.4) is 0 Å². The molecule has 1 aliphatic heterocycles. The average molecular weight is 224 g/mol. The lowest BCUT2D eigenvalue weighted by atomic mass is 9.74. The highest BCUT2D eigenvalue weighted by Gasteiger charge is 2.39. The van der Waals surface area contributed by atoms with Crippen LogP contribution in [0, 0.1) is 12.7 Å². The summed E-state index contributed by atoms with van der Waals surface area (Å²) in [4.78, 5) is 0. The van der Waals surface area contributed by atoms with Crippen molar-refractivity contribution in [3.8, 4) is 0 Å². The quantitative estimate of drug-likeness (QED) is 0.849. The van der Waals surface area contributed by atoms with Crippen LogP contribution in [0.4, 0.5) is 4.39 Å². The molecule has 0 radical (unpaired) electrons. The Kier molecular flexibility index (Phi) is 3.26. The van der Waals surface area contributed by atoms with Gasteiger partial charge < -0.3 is 9.84 Å². The zero-order chi connectivity index (χ0) is 11.6. The van der Waals surface area contributed by atoms with Crippen LogP contribution in [-0.4, -0.2) is 24.9 Å². The second kappa shape index (κ2) is 4.52. The Morgan fingerprint density at radius 3 is 2.69 bits per heavy atom. The van der Waals surface area contributed by atoms with E-state index in [0.717, 1.165) is 18.4 Å². The molecule has 0 aliphatic carbocycles. The molecule has 2 nitrogen and oxygen atoms in total. The van der Waals surface area contributed by atoms with Crippen LogP contribution in [0.15, 0.2) is 18.2 Å². The lowest BCUT2D eigenvalue weighted by Gasteiger charge is -2.42. The van der Waals surface area contributed by atoms with Gasteiger partial charge in [0.15, 0.2) is 0 Å². The van der Waals surface area contributed by atoms with Crippen LogP contribution in [0.25, 0.3) is 0 Å². The monoisotopic (exact) mass is 224 g/mol. The predicted octanol–water partition coefficient (Wildman–Crippen LogP) is 2.17. The first kappa shape index (κ1) is 11.6. The van der Waals surface area contributed by atoms with E-state index >= 15 is 0 Å². The maximum absolute atomic E-state index is 13.2. The molecule has 0 bridgehead atoms. The Morgan fingerprint density at radius 1 is 1.44 bits per heavy atom. The van der Waals surface area contributed by atoms with Crippen LogP contribution >= 0.6 is 0 Å². The number of aliphatic hydroxyl groups is 1. The summed E-state index contributed by atoms with van der Waals surface area (Å²) in [5.74, 6) is -0.165. The standard InChI is InChI=1S/C13H17FO2/c1-10-7-11(3-4-12(10)14)13(5-2-6-15)8-16-9-13/h3-4,7,15H,2,5-6,8-9H2,1H3. The number of halogens is 1. The lowest BCUT2D eigenvalue weighted by molar-refractivity contribution is -0.0665. The molecular weight excluding hydrogens is 207 g/mol. The van der Waals surface area contributed by atoms with Gasteiger partial charge in [-0.25, -0.2) is 4.39 Å². The van der Waals surface area contributed by atoms with E-state index in [-0.39, 0.29) is 17.8 Å². The van der Waals surface area contributed by atoms with Crippen molar-refractivity contribution in [2.45, 2.75) is 25.2 Å². The number of hydrogen-bond acceptors (Lipinski definition) is 2. The molecule has 3 heteroatoms. The SMILES string of the molecule is Cc1cc(C2(CCCO)COC2)ccc1F. The first-order valence-corrected chi connectivity index (χ1v) is 5.63. The normalized spacial score (nSPS) is 18.2. The second-order valence-electron chi connectivity index (χ2n) is 4.56. The van der Waals surface area contributed by atoms with Gasteiger partial charge in [-0.3, -0.25) is 0 Å². The van der Waals surface area contributed by atoms with Crippen molar-refractivity contribution >= 4 is 0 Å². The minimum atomic E-state index is -0.165. The minimum absolute atomic E-state index is 0.00118. The third-order valence-electron chi connectivity index (χ3n) is 3.34. The molecule has 0 unspecified atom stereocenters. The zero-order valence-corrected chi connectivity index (χ0v) is 9.50. The van der Waals surface area contributed by atoms with E-state index in [0.29, 0.717) is 18.8 Å². The fourth-order valence-corrected chi connectivity index (χ4v) is 2.20. The molecule has 0 amide bonds. The van der Waals surface area contributed by atoms with Crippen molar-refractivity contribution in [1.29, 1.82) is 0 Å². The second-order valence-corrected chi connectivity index (χ2v) is 4.56. The van der Waals surface area contributed by atoms with Gasteiger partial charge in [0, 0.05) is 12.0 Å². The summed E-state index contributed by atoms with van der Waals surface area (Å²) in [5, 5.41) is 8.89. The maximum atomic E-state index is 13.2. The Labute approximate surface area is 95.1 Å². The molecule has 1 heterocycles. The third kappa shape index (κ3) is 1.97. The van der Waals surface area contributed by atoms with Gasteiger partial charge in [-0.05, 0) is 37.0 Å². The Morgan fingerprint density at radius 2 is 2.19 bits per heavy atom. The van der Waals surface area contributed by atoms with E-state index in [1.165, 1.54) is 6.07 Å². The molecule has 1 fully saturated rings. The highest BCUT2D eigenvalue weighted by molar-refractivity contribution is 5.32. The van der Waals surface area contributed by atoms with Gasteiger partial charge in [-0.15, -0.1) is 0 Å². The number of benzene rings is 1. The Hall–Kier alpha value is -0.930. The van der Waals surface area contributed by atoms with Gasteiger partial charge in [0.1, 0.15) is 5.82 Å². The van der Waals surface area contributed by atoms with Crippen LogP contribution in [0.2, 0.25) is 0 Å². The van der Waals surface area contributed by atoms with Crippen molar-refractivity contribution < 1.29 is 14.2 Å². The minimum Gasteiger partial charge on any atom is -0.396 e. The lowest BCUT2D eigenvalue weighted by Crippen LogP contribution is -2.46. The maximum Gasteiger partial charge on any atom is 0.126 e. The summed E-state index contributed by atoms with van der Waals surface area (Å²) in [6.07, 6.45) is 1.66. The molecule has 1 aromatic carbocycles.